The Balaban J connectivity index is 1.56. The third kappa shape index (κ3) is 3.14. The molecule has 0 radical (unpaired) electrons. The minimum atomic E-state index is -0.337. The summed E-state index contributed by atoms with van der Waals surface area (Å²) in [7, 11) is 0. The summed E-state index contributed by atoms with van der Waals surface area (Å²) in [6.45, 7) is 0. The van der Waals surface area contributed by atoms with Crippen LogP contribution in [-0.4, -0.2) is 15.9 Å². The van der Waals surface area contributed by atoms with E-state index in [-0.39, 0.29) is 10.9 Å². The van der Waals surface area contributed by atoms with Crippen molar-refractivity contribution in [1.82, 2.24) is 9.97 Å². The molecule has 0 unspecified atom stereocenters. The van der Waals surface area contributed by atoms with Gasteiger partial charge in [-0.15, -0.1) is 0 Å². The molecule has 1 N–H and O–H groups in total. The monoisotopic (exact) mass is 383 g/mol. The van der Waals surface area contributed by atoms with Gasteiger partial charge in [-0.2, -0.15) is 4.98 Å². The smallest absolute Gasteiger partial charge is 0.257 e. The Bertz CT molecular complexity index is 1070. The highest BCUT2D eigenvalue weighted by molar-refractivity contribution is 6.44. The van der Waals surface area contributed by atoms with Gasteiger partial charge in [0.05, 0.1) is 15.6 Å². The van der Waals surface area contributed by atoms with Crippen LogP contribution in [0.25, 0.3) is 22.7 Å². The van der Waals surface area contributed by atoms with Crippen LogP contribution in [0.5, 0.6) is 0 Å². The van der Waals surface area contributed by atoms with Gasteiger partial charge in [0.25, 0.3) is 5.91 Å². The lowest BCUT2D eigenvalue weighted by Gasteiger charge is -2.08. The summed E-state index contributed by atoms with van der Waals surface area (Å²) in [6, 6.07) is 15.6. The summed E-state index contributed by atoms with van der Waals surface area (Å²) in [5, 5.41) is 3.34. The van der Waals surface area contributed by atoms with Crippen molar-refractivity contribution < 1.29 is 9.21 Å². The van der Waals surface area contributed by atoms with E-state index in [1.165, 1.54) is 0 Å². The zero-order valence-corrected chi connectivity index (χ0v) is 14.8. The van der Waals surface area contributed by atoms with Crippen LogP contribution in [0.1, 0.15) is 10.4 Å². The topological polar surface area (TPSA) is 68.0 Å². The molecule has 0 atom stereocenters. The molecule has 0 aliphatic heterocycles. The second-order valence-electron chi connectivity index (χ2n) is 5.48. The van der Waals surface area contributed by atoms with Crippen LogP contribution in [0.3, 0.4) is 0 Å². The summed E-state index contributed by atoms with van der Waals surface area (Å²) in [5.41, 5.74) is 2.88. The number of carbonyl (C=O) groups excluding carboxylic acids is 1. The van der Waals surface area contributed by atoms with Crippen molar-refractivity contribution in [2.45, 2.75) is 0 Å². The SMILES string of the molecule is O=C(Nc1ccc(-c2nc3ncccc3o2)cc1)c1cccc(Cl)c1Cl. The Morgan fingerprint density at radius 3 is 2.58 bits per heavy atom. The minimum absolute atomic E-state index is 0.224. The maximum atomic E-state index is 12.4. The first-order chi connectivity index (χ1) is 12.6. The number of hydrogen-bond donors (Lipinski definition) is 1. The van der Waals surface area contributed by atoms with Crippen molar-refractivity contribution in [3.63, 3.8) is 0 Å². The molecule has 5 nitrogen and oxygen atoms in total. The van der Waals surface area contributed by atoms with E-state index in [4.69, 9.17) is 27.6 Å². The Morgan fingerprint density at radius 1 is 1.00 bits per heavy atom. The van der Waals surface area contributed by atoms with E-state index in [2.05, 4.69) is 15.3 Å². The molecule has 0 aliphatic rings. The first-order valence-corrected chi connectivity index (χ1v) is 8.45. The number of nitrogens with one attached hydrogen (secondary N) is 1. The highest BCUT2D eigenvalue weighted by atomic mass is 35.5. The Labute approximate surface area is 158 Å². The summed E-state index contributed by atoms with van der Waals surface area (Å²) in [4.78, 5) is 20.9. The molecule has 1 amide bonds. The summed E-state index contributed by atoms with van der Waals surface area (Å²) in [5.74, 6) is 0.130. The van der Waals surface area contributed by atoms with Crippen molar-refractivity contribution in [1.29, 1.82) is 0 Å². The number of aromatic nitrogens is 2. The predicted molar refractivity (Wildman–Crippen MR) is 102 cm³/mol. The largest absolute Gasteiger partial charge is 0.434 e. The fourth-order valence-corrected chi connectivity index (χ4v) is 2.85. The second-order valence-corrected chi connectivity index (χ2v) is 6.26. The van der Waals surface area contributed by atoms with Gasteiger partial charge in [0.15, 0.2) is 11.2 Å². The van der Waals surface area contributed by atoms with Gasteiger partial charge in [0, 0.05) is 17.4 Å². The summed E-state index contributed by atoms with van der Waals surface area (Å²) < 4.78 is 5.68. The molecule has 128 valence electrons. The average molecular weight is 384 g/mol. The fourth-order valence-electron chi connectivity index (χ4n) is 2.47. The molecule has 0 saturated heterocycles. The lowest BCUT2D eigenvalue weighted by atomic mass is 10.2. The maximum absolute atomic E-state index is 12.4. The van der Waals surface area contributed by atoms with Crippen LogP contribution in [0.4, 0.5) is 5.69 Å². The van der Waals surface area contributed by atoms with Gasteiger partial charge in [-0.3, -0.25) is 4.79 Å². The van der Waals surface area contributed by atoms with Crippen LogP contribution in [0.2, 0.25) is 10.0 Å². The maximum Gasteiger partial charge on any atom is 0.257 e. The Hall–Kier alpha value is -2.89. The van der Waals surface area contributed by atoms with E-state index >= 15 is 0 Å². The van der Waals surface area contributed by atoms with Crippen LogP contribution in [0.15, 0.2) is 65.2 Å². The van der Waals surface area contributed by atoms with Crippen LogP contribution in [-0.2, 0) is 0 Å². The van der Waals surface area contributed by atoms with Crippen molar-refractivity contribution in [2.75, 3.05) is 5.32 Å². The van der Waals surface area contributed by atoms with E-state index in [1.807, 2.05) is 6.07 Å². The third-order valence-corrected chi connectivity index (χ3v) is 4.57. The van der Waals surface area contributed by atoms with Crippen molar-refractivity contribution >= 4 is 46.0 Å². The molecule has 2 heterocycles. The quantitative estimate of drug-likeness (QED) is 0.510. The number of amides is 1. The number of benzene rings is 2. The number of nitrogens with zero attached hydrogens (tertiary/aromatic N) is 2. The molecule has 4 aromatic rings. The predicted octanol–water partition coefficient (Wildman–Crippen LogP) is 5.45. The first kappa shape index (κ1) is 16.6. The van der Waals surface area contributed by atoms with E-state index in [0.717, 1.165) is 5.56 Å². The molecule has 4 rings (SSSR count). The number of halogens is 2. The van der Waals surface area contributed by atoms with Gasteiger partial charge < -0.3 is 9.73 Å². The van der Waals surface area contributed by atoms with Crippen LogP contribution < -0.4 is 5.32 Å². The summed E-state index contributed by atoms with van der Waals surface area (Å²) in [6.07, 6.45) is 1.66. The van der Waals surface area contributed by atoms with Crippen LogP contribution in [0, 0.1) is 0 Å². The van der Waals surface area contributed by atoms with Gasteiger partial charge >= 0.3 is 0 Å². The fraction of sp³-hybridized carbons (Fsp3) is 0. The van der Waals surface area contributed by atoms with E-state index in [9.17, 15) is 4.79 Å². The molecular weight excluding hydrogens is 373 g/mol. The Kier molecular flexibility index (Phi) is 4.32. The normalized spacial score (nSPS) is 10.8. The van der Waals surface area contributed by atoms with Crippen LogP contribution >= 0.6 is 23.2 Å². The number of oxazole rings is 1. The van der Waals surface area contributed by atoms with Crippen molar-refractivity contribution in [2.24, 2.45) is 0 Å². The van der Waals surface area contributed by atoms with E-state index in [1.54, 1.807) is 54.7 Å². The zero-order chi connectivity index (χ0) is 18.1. The standard InChI is InChI=1S/C19H11Cl2N3O2/c20-14-4-1-3-13(16(14)21)18(25)23-12-8-6-11(7-9-12)19-24-17-15(26-19)5-2-10-22-17/h1-10H,(H,23,25). The lowest BCUT2D eigenvalue weighted by molar-refractivity contribution is 0.102. The first-order valence-electron chi connectivity index (χ1n) is 7.69. The molecule has 0 fully saturated rings. The second kappa shape index (κ2) is 6.78. The number of fused-ring (bicyclic) bond motifs is 1. The molecule has 2 aromatic heterocycles. The molecule has 2 aromatic carbocycles. The number of hydrogen-bond acceptors (Lipinski definition) is 4. The van der Waals surface area contributed by atoms with Gasteiger partial charge in [0.2, 0.25) is 5.89 Å². The number of carbonyl (C=O) groups is 1. The van der Waals surface area contributed by atoms with Gasteiger partial charge in [-0.1, -0.05) is 29.3 Å². The molecule has 0 spiro atoms. The summed E-state index contributed by atoms with van der Waals surface area (Å²) >= 11 is 12.0. The van der Waals surface area contributed by atoms with E-state index in [0.29, 0.717) is 33.4 Å². The number of rotatable bonds is 3. The third-order valence-electron chi connectivity index (χ3n) is 3.75. The number of anilines is 1. The molecule has 7 heteroatoms. The van der Waals surface area contributed by atoms with E-state index < -0.39 is 0 Å². The highest BCUT2D eigenvalue weighted by Crippen LogP contribution is 2.27. The van der Waals surface area contributed by atoms with Crippen molar-refractivity contribution in [3.8, 4) is 11.5 Å². The zero-order valence-electron chi connectivity index (χ0n) is 13.2. The molecule has 0 bridgehead atoms. The van der Waals surface area contributed by atoms with Gasteiger partial charge in [-0.25, -0.2) is 4.98 Å². The lowest BCUT2D eigenvalue weighted by Crippen LogP contribution is -2.12. The average Bonchev–Trinajstić information content (AvgIpc) is 3.08. The van der Waals surface area contributed by atoms with Crippen molar-refractivity contribution in [3.05, 3.63) is 76.4 Å². The van der Waals surface area contributed by atoms with Gasteiger partial charge in [-0.05, 0) is 48.5 Å². The molecule has 26 heavy (non-hydrogen) atoms. The highest BCUT2D eigenvalue weighted by Gasteiger charge is 2.13. The van der Waals surface area contributed by atoms with Gasteiger partial charge in [0.1, 0.15) is 0 Å². The molecular formula is C19H11Cl2N3O2. The molecule has 0 saturated carbocycles. The molecule has 0 aliphatic carbocycles. The number of pyridine rings is 1. The Morgan fingerprint density at radius 2 is 1.81 bits per heavy atom. The minimum Gasteiger partial charge on any atom is -0.434 e.